The van der Waals surface area contributed by atoms with E-state index in [2.05, 4.69) is 44.0 Å². The minimum atomic E-state index is 0.0209. The third-order valence-electron chi connectivity index (χ3n) is 5.56. The fourth-order valence-corrected chi connectivity index (χ4v) is 4.61. The van der Waals surface area contributed by atoms with E-state index < -0.39 is 0 Å². The van der Waals surface area contributed by atoms with Crippen LogP contribution in [0.15, 0.2) is 22.7 Å². The molecule has 25 heavy (non-hydrogen) atoms. The first-order valence-corrected chi connectivity index (χ1v) is 9.94. The molecule has 1 aromatic heterocycles. The predicted octanol–water partition coefficient (Wildman–Crippen LogP) is 4.27. The molecule has 6 heteroatoms. The van der Waals surface area contributed by atoms with Crippen molar-refractivity contribution in [2.45, 2.75) is 63.1 Å². The molecule has 1 saturated heterocycles. The second kappa shape index (κ2) is 7.08. The van der Waals surface area contributed by atoms with Gasteiger partial charge in [-0.25, -0.2) is 4.98 Å². The Labute approximate surface area is 156 Å². The van der Waals surface area contributed by atoms with Gasteiger partial charge in [0.25, 0.3) is 0 Å². The molecule has 0 radical (unpaired) electrons. The maximum absolute atomic E-state index is 11.9. The number of carbonyl (C=O) groups is 1. The average Bonchev–Trinajstić information content (AvgIpc) is 3.00. The number of methoxy groups -OCH3 is 1. The normalized spacial score (nSPS) is 27.4. The minimum Gasteiger partial charge on any atom is -0.381 e. The van der Waals surface area contributed by atoms with Crippen LogP contribution in [-0.2, 0) is 9.53 Å². The van der Waals surface area contributed by atoms with Crippen molar-refractivity contribution in [3.8, 4) is 0 Å². The molecular weight excluding hydrogens is 382 g/mol. The smallest absolute Gasteiger partial charge is 0.220 e. The zero-order chi connectivity index (χ0) is 17.4. The van der Waals surface area contributed by atoms with Gasteiger partial charge in [0.1, 0.15) is 5.82 Å². The van der Waals surface area contributed by atoms with Gasteiger partial charge in [-0.1, -0.05) is 15.9 Å². The Morgan fingerprint density at radius 2 is 2.04 bits per heavy atom. The molecule has 1 N–H and O–H groups in total. The summed E-state index contributed by atoms with van der Waals surface area (Å²) in [6.07, 6.45) is 7.23. The van der Waals surface area contributed by atoms with Gasteiger partial charge in [-0.3, -0.25) is 4.79 Å². The Morgan fingerprint density at radius 1 is 1.24 bits per heavy atom. The van der Waals surface area contributed by atoms with E-state index in [4.69, 9.17) is 9.72 Å². The third kappa shape index (κ3) is 3.34. The number of piperidine rings is 1. The number of hydrogen-bond donors (Lipinski definition) is 1. The first kappa shape index (κ1) is 17.0. The number of halogens is 1. The molecule has 1 saturated carbocycles. The van der Waals surface area contributed by atoms with E-state index in [-0.39, 0.29) is 11.9 Å². The summed E-state index contributed by atoms with van der Waals surface area (Å²) in [5.74, 6) is 1.15. The number of benzene rings is 1. The van der Waals surface area contributed by atoms with Crippen LogP contribution in [0.3, 0.4) is 0 Å². The second-order valence-corrected chi connectivity index (χ2v) is 8.07. The summed E-state index contributed by atoms with van der Waals surface area (Å²) in [7, 11) is 1.80. The molecule has 2 heterocycles. The number of imidazole rings is 1. The van der Waals surface area contributed by atoms with Gasteiger partial charge in [0.15, 0.2) is 0 Å². The van der Waals surface area contributed by atoms with E-state index in [9.17, 15) is 4.79 Å². The van der Waals surface area contributed by atoms with E-state index in [0.717, 1.165) is 54.3 Å². The van der Waals surface area contributed by atoms with Crippen LogP contribution in [0.4, 0.5) is 0 Å². The molecule has 1 aliphatic carbocycles. The summed E-state index contributed by atoms with van der Waals surface area (Å²) in [5, 5.41) is 3.15. The van der Waals surface area contributed by atoms with Crippen LogP contribution in [0.1, 0.15) is 62.9 Å². The van der Waals surface area contributed by atoms with Crippen LogP contribution in [0, 0.1) is 0 Å². The van der Waals surface area contributed by atoms with Crippen LogP contribution in [-0.4, -0.2) is 28.7 Å². The van der Waals surface area contributed by atoms with Crippen LogP contribution >= 0.6 is 15.9 Å². The molecule has 5 nitrogen and oxygen atoms in total. The van der Waals surface area contributed by atoms with Crippen molar-refractivity contribution >= 4 is 32.9 Å². The van der Waals surface area contributed by atoms with Crippen molar-refractivity contribution in [1.29, 1.82) is 0 Å². The van der Waals surface area contributed by atoms with Gasteiger partial charge in [0.05, 0.1) is 23.2 Å². The number of amides is 1. The Hall–Kier alpha value is -1.40. The van der Waals surface area contributed by atoms with Crippen LogP contribution in [0.25, 0.3) is 11.0 Å². The molecule has 0 spiro atoms. The summed E-state index contributed by atoms with van der Waals surface area (Å²) in [6, 6.07) is 6.73. The molecule has 4 rings (SSSR count). The molecule has 2 aromatic rings. The number of hydrogen-bond acceptors (Lipinski definition) is 3. The van der Waals surface area contributed by atoms with E-state index >= 15 is 0 Å². The fourth-order valence-electron chi connectivity index (χ4n) is 4.26. The molecule has 2 aliphatic rings. The highest BCUT2D eigenvalue weighted by atomic mass is 79.9. The number of fused-ring (bicyclic) bond motifs is 1. The maximum Gasteiger partial charge on any atom is 0.220 e. The highest BCUT2D eigenvalue weighted by Gasteiger charge is 2.30. The van der Waals surface area contributed by atoms with Gasteiger partial charge in [-0.2, -0.15) is 0 Å². The number of carbonyl (C=O) groups excluding carboxylic acids is 1. The molecule has 1 aliphatic heterocycles. The minimum absolute atomic E-state index is 0.0209. The molecule has 0 bridgehead atoms. The molecule has 2 fully saturated rings. The quantitative estimate of drug-likeness (QED) is 0.828. The molecular formula is C19H24BrN3O2. The van der Waals surface area contributed by atoms with Gasteiger partial charge < -0.3 is 14.6 Å². The van der Waals surface area contributed by atoms with Crippen molar-refractivity contribution in [3.05, 3.63) is 28.5 Å². The summed E-state index contributed by atoms with van der Waals surface area (Å²) < 4.78 is 8.96. The van der Waals surface area contributed by atoms with Crippen molar-refractivity contribution < 1.29 is 9.53 Å². The molecule has 1 atom stereocenters. The average molecular weight is 406 g/mol. The van der Waals surface area contributed by atoms with E-state index in [1.54, 1.807) is 7.11 Å². The van der Waals surface area contributed by atoms with Gasteiger partial charge in [0.2, 0.25) is 5.91 Å². The topological polar surface area (TPSA) is 56.1 Å². The largest absolute Gasteiger partial charge is 0.381 e. The van der Waals surface area contributed by atoms with Crippen LogP contribution in [0.2, 0.25) is 0 Å². The van der Waals surface area contributed by atoms with Crippen molar-refractivity contribution in [2.24, 2.45) is 0 Å². The monoisotopic (exact) mass is 405 g/mol. The van der Waals surface area contributed by atoms with Crippen molar-refractivity contribution in [3.63, 3.8) is 0 Å². The van der Waals surface area contributed by atoms with Crippen molar-refractivity contribution in [1.82, 2.24) is 14.9 Å². The first-order chi connectivity index (χ1) is 12.2. The Kier molecular flexibility index (Phi) is 4.82. The highest BCUT2D eigenvalue weighted by Crippen LogP contribution is 2.37. The lowest BCUT2D eigenvalue weighted by Crippen LogP contribution is -2.35. The number of rotatable bonds is 3. The lowest BCUT2D eigenvalue weighted by molar-refractivity contribution is -0.123. The van der Waals surface area contributed by atoms with E-state index in [1.807, 2.05) is 0 Å². The first-order valence-electron chi connectivity index (χ1n) is 9.15. The number of aromatic nitrogens is 2. The number of ether oxygens (including phenoxy) is 1. The van der Waals surface area contributed by atoms with Gasteiger partial charge in [-0.15, -0.1) is 0 Å². The van der Waals surface area contributed by atoms with Crippen LogP contribution < -0.4 is 5.32 Å². The SMILES string of the molecule is CO[C@H]1CC[C@H](n2c(C3CCCC(=O)N3)nc3cc(Br)ccc32)CC1. The molecule has 134 valence electrons. The van der Waals surface area contributed by atoms with Crippen molar-refractivity contribution in [2.75, 3.05) is 7.11 Å². The fraction of sp³-hybridized carbons (Fsp3) is 0.579. The Morgan fingerprint density at radius 3 is 2.76 bits per heavy atom. The highest BCUT2D eigenvalue weighted by molar-refractivity contribution is 9.10. The summed E-state index contributed by atoms with van der Waals surface area (Å²) >= 11 is 3.55. The Bertz CT molecular complexity index is 780. The summed E-state index contributed by atoms with van der Waals surface area (Å²) in [4.78, 5) is 16.8. The summed E-state index contributed by atoms with van der Waals surface area (Å²) in [6.45, 7) is 0. The third-order valence-corrected chi connectivity index (χ3v) is 6.06. The van der Waals surface area contributed by atoms with Gasteiger partial charge in [0, 0.05) is 24.0 Å². The standard InChI is InChI=1S/C19H24BrN3O2/c1-25-14-8-6-13(7-9-14)23-17-10-5-12(20)11-16(17)22-19(23)15-3-2-4-18(24)21-15/h5,10-11,13-15H,2-4,6-9H2,1H3,(H,21,24)/t13-,14-,15?. The maximum atomic E-state index is 11.9. The van der Waals surface area contributed by atoms with Gasteiger partial charge >= 0.3 is 0 Å². The Balaban J connectivity index is 1.74. The summed E-state index contributed by atoms with van der Waals surface area (Å²) in [5.41, 5.74) is 2.16. The van der Waals surface area contributed by atoms with E-state index in [0.29, 0.717) is 18.6 Å². The van der Waals surface area contributed by atoms with Gasteiger partial charge in [-0.05, 0) is 56.7 Å². The zero-order valence-corrected chi connectivity index (χ0v) is 16.1. The van der Waals surface area contributed by atoms with Crippen LogP contribution in [0.5, 0.6) is 0 Å². The predicted molar refractivity (Wildman–Crippen MR) is 100 cm³/mol. The molecule has 1 aromatic carbocycles. The molecule has 1 amide bonds. The van der Waals surface area contributed by atoms with E-state index in [1.165, 1.54) is 5.52 Å². The lowest BCUT2D eigenvalue weighted by Gasteiger charge is -2.32. The lowest BCUT2D eigenvalue weighted by atomic mass is 9.92. The molecule has 1 unspecified atom stereocenters. The number of nitrogens with one attached hydrogen (secondary N) is 1. The zero-order valence-electron chi connectivity index (χ0n) is 14.5. The second-order valence-electron chi connectivity index (χ2n) is 7.15. The number of nitrogens with zero attached hydrogens (tertiary/aromatic N) is 2.